The molecule has 240 valence electrons. The standard InChI is InChI=1S/C33H37Cl2N3O6S/c1-45(41,42)38(25-15-16-30-31(20-25)44-18-17-43-30)22-32(39)37(21-26-27(34)13-8-14-28(26)35)29(19-23-9-4-2-5-10-23)33(40)36-24-11-6-3-7-12-24/h2,4-5,8-10,13-16,20,24,29H,3,6-7,11-12,17-19,21-22H2,1H3,(H,36,40)/t29-/m0/s1. The van der Waals surface area contributed by atoms with Crippen molar-refractivity contribution < 1.29 is 27.5 Å². The average Bonchev–Trinajstić information content (AvgIpc) is 3.03. The second kappa shape index (κ2) is 14.7. The Hall–Kier alpha value is -3.47. The number of sulfonamides is 1. The second-order valence-electron chi connectivity index (χ2n) is 11.4. The van der Waals surface area contributed by atoms with Gasteiger partial charge in [0.15, 0.2) is 11.5 Å². The molecule has 2 aliphatic rings. The smallest absolute Gasteiger partial charge is 0.244 e. The first-order chi connectivity index (χ1) is 21.6. The predicted molar refractivity (Wildman–Crippen MR) is 176 cm³/mol. The molecular weight excluding hydrogens is 637 g/mol. The molecule has 9 nitrogen and oxygen atoms in total. The molecule has 0 aromatic heterocycles. The second-order valence-corrected chi connectivity index (χ2v) is 14.1. The molecule has 45 heavy (non-hydrogen) atoms. The lowest BCUT2D eigenvalue weighted by atomic mass is 9.94. The van der Waals surface area contributed by atoms with Crippen LogP contribution in [0.25, 0.3) is 0 Å². The summed E-state index contributed by atoms with van der Waals surface area (Å²) in [6.07, 6.45) is 6.12. The largest absolute Gasteiger partial charge is 0.486 e. The number of ether oxygens (including phenoxy) is 2. The van der Waals surface area contributed by atoms with Crippen molar-refractivity contribution in [1.29, 1.82) is 0 Å². The maximum atomic E-state index is 14.4. The SMILES string of the molecule is CS(=O)(=O)N(CC(=O)N(Cc1c(Cl)cccc1Cl)[C@@H](Cc1ccccc1)C(=O)NC1CCCCC1)c1ccc2c(c1)OCCO2. The molecule has 5 rings (SSSR count). The quantitative estimate of drug-likeness (QED) is 0.283. The van der Waals surface area contributed by atoms with E-state index in [4.69, 9.17) is 32.7 Å². The molecule has 0 bridgehead atoms. The maximum absolute atomic E-state index is 14.4. The van der Waals surface area contributed by atoms with Gasteiger partial charge in [0.25, 0.3) is 0 Å². The van der Waals surface area contributed by atoms with Gasteiger partial charge < -0.3 is 19.7 Å². The molecule has 1 aliphatic carbocycles. The van der Waals surface area contributed by atoms with Crippen molar-refractivity contribution in [2.75, 3.05) is 30.3 Å². The highest BCUT2D eigenvalue weighted by Gasteiger charge is 2.35. The number of hydrogen-bond acceptors (Lipinski definition) is 6. The molecule has 1 heterocycles. The van der Waals surface area contributed by atoms with Gasteiger partial charge >= 0.3 is 0 Å². The fourth-order valence-electron chi connectivity index (χ4n) is 5.75. The first kappa shape index (κ1) is 32.9. The molecule has 3 aromatic carbocycles. The first-order valence-electron chi connectivity index (χ1n) is 15.0. The lowest BCUT2D eigenvalue weighted by molar-refractivity contribution is -0.140. The van der Waals surface area contributed by atoms with Crippen LogP contribution in [0.4, 0.5) is 5.69 Å². The molecule has 1 saturated carbocycles. The van der Waals surface area contributed by atoms with E-state index >= 15 is 0 Å². The molecule has 2 amide bonds. The molecule has 0 radical (unpaired) electrons. The van der Waals surface area contributed by atoms with Crippen LogP contribution >= 0.6 is 23.2 Å². The van der Waals surface area contributed by atoms with Crippen LogP contribution in [-0.4, -0.2) is 63.2 Å². The molecule has 12 heteroatoms. The third-order valence-electron chi connectivity index (χ3n) is 8.11. The van der Waals surface area contributed by atoms with Crippen LogP contribution in [0.3, 0.4) is 0 Å². The minimum Gasteiger partial charge on any atom is -0.486 e. The highest BCUT2D eigenvalue weighted by Crippen LogP contribution is 2.35. The summed E-state index contributed by atoms with van der Waals surface area (Å²) in [6, 6.07) is 18.2. The number of halogens is 2. The van der Waals surface area contributed by atoms with Gasteiger partial charge in [0.2, 0.25) is 21.8 Å². The van der Waals surface area contributed by atoms with Gasteiger partial charge in [0, 0.05) is 40.7 Å². The maximum Gasteiger partial charge on any atom is 0.244 e. The van der Waals surface area contributed by atoms with E-state index in [1.165, 1.54) is 11.0 Å². The molecule has 0 unspecified atom stereocenters. The predicted octanol–water partition coefficient (Wildman–Crippen LogP) is 5.62. The third kappa shape index (κ3) is 8.42. The average molecular weight is 675 g/mol. The molecule has 0 spiro atoms. The number of hydrogen-bond donors (Lipinski definition) is 1. The van der Waals surface area contributed by atoms with E-state index in [1.54, 1.807) is 30.3 Å². The van der Waals surface area contributed by atoms with Crippen LogP contribution in [0.1, 0.15) is 43.2 Å². The Kier molecular flexibility index (Phi) is 10.8. The lowest BCUT2D eigenvalue weighted by Crippen LogP contribution is -2.55. The van der Waals surface area contributed by atoms with Crippen molar-refractivity contribution in [2.45, 2.75) is 57.2 Å². The van der Waals surface area contributed by atoms with E-state index in [0.29, 0.717) is 40.3 Å². The highest BCUT2D eigenvalue weighted by atomic mass is 35.5. The van der Waals surface area contributed by atoms with E-state index in [9.17, 15) is 18.0 Å². The van der Waals surface area contributed by atoms with Gasteiger partial charge in [-0.3, -0.25) is 13.9 Å². The minimum absolute atomic E-state index is 0.00407. The fraction of sp³-hybridized carbons (Fsp3) is 0.394. The van der Waals surface area contributed by atoms with Gasteiger partial charge in [-0.1, -0.05) is 78.9 Å². The number of amides is 2. The molecule has 0 saturated heterocycles. The van der Waals surface area contributed by atoms with Gasteiger partial charge in [-0.05, 0) is 42.7 Å². The zero-order valence-electron chi connectivity index (χ0n) is 25.1. The summed E-state index contributed by atoms with van der Waals surface area (Å²) in [4.78, 5) is 29.9. The third-order valence-corrected chi connectivity index (χ3v) is 9.95. The van der Waals surface area contributed by atoms with E-state index in [0.717, 1.165) is 48.2 Å². The summed E-state index contributed by atoms with van der Waals surface area (Å²) < 4.78 is 38.6. The summed E-state index contributed by atoms with van der Waals surface area (Å²) in [5.74, 6) is -0.0333. The van der Waals surface area contributed by atoms with Crippen molar-refractivity contribution in [3.63, 3.8) is 0 Å². The van der Waals surface area contributed by atoms with E-state index in [2.05, 4.69) is 5.32 Å². The van der Waals surface area contributed by atoms with Crippen LogP contribution in [-0.2, 0) is 32.6 Å². The van der Waals surface area contributed by atoms with Crippen molar-refractivity contribution in [3.05, 3.63) is 87.9 Å². The number of benzene rings is 3. The van der Waals surface area contributed by atoms with Crippen LogP contribution in [0.15, 0.2) is 66.7 Å². The zero-order valence-corrected chi connectivity index (χ0v) is 27.4. The van der Waals surface area contributed by atoms with Crippen LogP contribution < -0.4 is 19.1 Å². The molecule has 1 atom stereocenters. The normalized spacial score (nSPS) is 15.6. The van der Waals surface area contributed by atoms with Gasteiger partial charge in [0.05, 0.1) is 11.9 Å². The number of carbonyl (C=O) groups is 2. The Labute approximate surface area is 274 Å². The number of anilines is 1. The monoisotopic (exact) mass is 673 g/mol. The Morgan fingerprint density at radius 3 is 2.24 bits per heavy atom. The topological polar surface area (TPSA) is 105 Å². The first-order valence-corrected chi connectivity index (χ1v) is 17.6. The molecule has 1 N–H and O–H groups in total. The summed E-state index contributed by atoms with van der Waals surface area (Å²) >= 11 is 13.1. The van der Waals surface area contributed by atoms with E-state index in [1.807, 2.05) is 30.3 Å². The summed E-state index contributed by atoms with van der Waals surface area (Å²) in [5.41, 5.74) is 1.54. The molecule has 1 fully saturated rings. The highest BCUT2D eigenvalue weighted by molar-refractivity contribution is 7.92. The van der Waals surface area contributed by atoms with Crippen molar-refractivity contribution >= 4 is 50.7 Å². The van der Waals surface area contributed by atoms with Crippen LogP contribution in [0.2, 0.25) is 10.0 Å². The number of nitrogens with one attached hydrogen (secondary N) is 1. The Morgan fingerprint density at radius 1 is 0.911 bits per heavy atom. The van der Waals surface area contributed by atoms with Crippen LogP contribution in [0.5, 0.6) is 11.5 Å². The van der Waals surface area contributed by atoms with Gasteiger partial charge in [0.1, 0.15) is 25.8 Å². The lowest BCUT2D eigenvalue weighted by Gasteiger charge is -2.35. The number of carbonyl (C=O) groups excluding carboxylic acids is 2. The molecule has 1 aliphatic heterocycles. The van der Waals surface area contributed by atoms with E-state index in [-0.39, 0.29) is 30.6 Å². The Morgan fingerprint density at radius 2 is 1.58 bits per heavy atom. The number of fused-ring (bicyclic) bond motifs is 1. The summed E-state index contributed by atoms with van der Waals surface area (Å²) in [5, 5.41) is 3.84. The molecular formula is C33H37Cl2N3O6S. The van der Waals surface area contributed by atoms with Crippen molar-refractivity contribution in [3.8, 4) is 11.5 Å². The zero-order chi connectivity index (χ0) is 32.0. The van der Waals surface area contributed by atoms with Crippen molar-refractivity contribution in [2.24, 2.45) is 0 Å². The minimum atomic E-state index is -3.95. The van der Waals surface area contributed by atoms with Crippen molar-refractivity contribution in [1.82, 2.24) is 10.2 Å². The molecule has 3 aromatic rings. The number of rotatable bonds is 11. The van der Waals surface area contributed by atoms with Gasteiger partial charge in [-0.15, -0.1) is 0 Å². The van der Waals surface area contributed by atoms with E-state index < -0.39 is 28.5 Å². The Balaban J connectivity index is 1.53. The van der Waals surface area contributed by atoms with Crippen LogP contribution in [0, 0.1) is 0 Å². The Bertz CT molecular complexity index is 1600. The summed E-state index contributed by atoms with van der Waals surface area (Å²) in [6.45, 7) is 0.0258. The summed E-state index contributed by atoms with van der Waals surface area (Å²) in [7, 11) is -3.95. The van der Waals surface area contributed by atoms with Gasteiger partial charge in [-0.2, -0.15) is 0 Å². The van der Waals surface area contributed by atoms with Gasteiger partial charge in [-0.25, -0.2) is 8.42 Å². The fourth-order valence-corrected chi connectivity index (χ4v) is 7.11. The number of nitrogens with zero attached hydrogens (tertiary/aromatic N) is 2.